The number of fused-ring (bicyclic) bond motifs is 1. The van der Waals surface area contributed by atoms with Crippen LogP contribution in [0.2, 0.25) is 0 Å². The quantitative estimate of drug-likeness (QED) is 0.721. The largest absolute Gasteiger partial charge is 0.311 e. The van der Waals surface area contributed by atoms with Crippen molar-refractivity contribution >= 4 is 28.6 Å². The van der Waals surface area contributed by atoms with Gasteiger partial charge >= 0.3 is 0 Å². The SMILES string of the molecule is CC(=O)Nc1ccc(-c2ccc3nc(NN4CCN(C)CC4)ncc3c2)cn1. The van der Waals surface area contributed by atoms with Crippen LogP contribution in [-0.4, -0.2) is 64.0 Å². The third kappa shape index (κ3) is 4.24. The standard InChI is InChI=1S/C20H23N7O/c1-14(28)23-19-6-4-16(12-21-19)15-3-5-18-17(11-15)13-22-20(24-18)25-27-9-7-26(2)8-10-27/h3-6,11-13H,7-10H2,1-2H3,(H,21,23,28)(H,22,24,25). The molecule has 144 valence electrons. The number of nitrogens with one attached hydrogen (secondary N) is 2. The summed E-state index contributed by atoms with van der Waals surface area (Å²) in [5.41, 5.74) is 6.18. The Morgan fingerprint density at radius 1 is 1.00 bits per heavy atom. The lowest BCUT2D eigenvalue weighted by molar-refractivity contribution is -0.114. The van der Waals surface area contributed by atoms with E-state index in [4.69, 9.17) is 0 Å². The van der Waals surface area contributed by atoms with Gasteiger partial charge in [0.15, 0.2) is 0 Å². The van der Waals surface area contributed by atoms with E-state index in [1.54, 1.807) is 12.3 Å². The maximum absolute atomic E-state index is 11.1. The van der Waals surface area contributed by atoms with E-state index in [9.17, 15) is 4.79 Å². The smallest absolute Gasteiger partial charge is 0.238 e. The summed E-state index contributed by atoms with van der Waals surface area (Å²) in [5, 5.41) is 5.79. The van der Waals surface area contributed by atoms with E-state index in [1.807, 2.05) is 30.5 Å². The van der Waals surface area contributed by atoms with E-state index >= 15 is 0 Å². The van der Waals surface area contributed by atoms with Gasteiger partial charge in [-0.3, -0.25) is 10.2 Å². The first kappa shape index (κ1) is 18.3. The van der Waals surface area contributed by atoms with E-state index in [0.29, 0.717) is 11.8 Å². The number of hydrogen-bond acceptors (Lipinski definition) is 7. The van der Waals surface area contributed by atoms with Crippen LogP contribution in [0.4, 0.5) is 11.8 Å². The van der Waals surface area contributed by atoms with Gasteiger partial charge in [-0.2, -0.15) is 0 Å². The molecule has 0 radical (unpaired) electrons. The molecule has 1 aliphatic rings. The van der Waals surface area contributed by atoms with Crippen LogP contribution in [0.3, 0.4) is 0 Å². The summed E-state index contributed by atoms with van der Waals surface area (Å²) in [6, 6.07) is 9.78. The van der Waals surface area contributed by atoms with E-state index in [-0.39, 0.29) is 5.91 Å². The van der Waals surface area contributed by atoms with E-state index in [1.165, 1.54) is 6.92 Å². The number of hydrogen-bond donors (Lipinski definition) is 2. The van der Waals surface area contributed by atoms with Gasteiger partial charge in [0.25, 0.3) is 0 Å². The summed E-state index contributed by atoms with van der Waals surface area (Å²) < 4.78 is 0. The number of anilines is 2. The molecule has 0 atom stereocenters. The van der Waals surface area contributed by atoms with Gasteiger partial charge in [-0.05, 0) is 36.9 Å². The monoisotopic (exact) mass is 377 g/mol. The predicted octanol–water partition coefficient (Wildman–Crippen LogP) is 2.22. The van der Waals surface area contributed by atoms with Gasteiger partial charge in [0.05, 0.1) is 5.52 Å². The van der Waals surface area contributed by atoms with Crippen molar-refractivity contribution in [3.8, 4) is 11.1 Å². The first-order valence-electron chi connectivity index (χ1n) is 9.28. The molecular weight excluding hydrogens is 354 g/mol. The van der Waals surface area contributed by atoms with Crippen LogP contribution in [0.1, 0.15) is 6.92 Å². The number of nitrogens with zero attached hydrogens (tertiary/aromatic N) is 5. The molecule has 4 rings (SSSR count). The Labute approximate surface area is 163 Å². The molecule has 0 bridgehead atoms. The van der Waals surface area contributed by atoms with Gasteiger partial charge in [-0.15, -0.1) is 0 Å². The fourth-order valence-electron chi connectivity index (χ4n) is 3.15. The normalized spacial score (nSPS) is 15.5. The number of amides is 1. The maximum Gasteiger partial charge on any atom is 0.238 e. The third-order valence-electron chi connectivity index (χ3n) is 4.74. The number of carbonyl (C=O) groups excluding carboxylic acids is 1. The van der Waals surface area contributed by atoms with E-state index in [2.05, 4.69) is 42.7 Å². The summed E-state index contributed by atoms with van der Waals surface area (Å²) in [5.74, 6) is 1.02. The molecule has 0 saturated carbocycles. The first-order valence-corrected chi connectivity index (χ1v) is 9.28. The van der Waals surface area contributed by atoms with Crippen LogP contribution in [0, 0.1) is 0 Å². The lowest BCUT2D eigenvalue weighted by Gasteiger charge is -2.32. The van der Waals surface area contributed by atoms with E-state index in [0.717, 1.165) is 48.2 Å². The molecule has 3 aromatic rings. The van der Waals surface area contributed by atoms with Crippen molar-refractivity contribution in [3.63, 3.8) is 0 Å². The number of carbonyl (C=O) groups is 1. The number of benzene rings is 1. The molecule has 2 N–H and O–H groups in total. The Morgan fingerprint density at radius 2 is 1.79 bits per heavy atom. The van der Waals surface area contributed by atoms with Gasteiger partial charge in [-0.1, -0.05) is 6.07 Å². The highest BCUT2D eigenvalue weighted by atomic mass is 16.1. The summed E-state index contributed by atoms with van der Waals surface area (Å²) in [6.45, 7) is 5.40. The molecule has 8 nitrogen and oxygen atoms in total. The minimum atomic E-state index is -0.135. The van der Waals surface area contributed by atoms with Gasteiger partial charge in [0.2, 0.25) is 11.9 Å². The Morgan fingerprint density at radius 3 is 2.50 bits per heavy atom. The number of aromatic nitrogens is 3. The highest BCUT2D eigenvalue weighted by molar-refractivity contribution is 5.88. The van der Waals surface area contributed by atoms with Gasteiger partial charge in [-0.25, -0.2) is 20.0 Å². The molecule has 3 heterocycles. The molecule has 1 fully saturated rings. The highest BCUT2D eigenvalue weighted by Gasteiger charge is 2.14. The lowest BCUT2D eigenvalue weighted by atomic mass is 10.1. The zero-order valence-corrected chi connectivity index (χ0v) is 16.0. The van der Waals surface area contributed by atoms with Crippen molar-refractivity contribution < 1.29 is 4.79 Å². The van der Waals surface area contributed by atoms with Crippen LogP contribution in [0.25, 0.3) is 22.0 Å². The molecule has 28 heavy (non-hydrogen) atoms. The second-order valence-electron chi connectivity index (χ2n) is 6.98. The highest BCUT2D eigenvalue weighted by Crippen LogP contribution is 2.24. The fourth-order valence-corrected chi connectivity index (χ4v) is 3.15. The van der Waals surface area contributed by atoms with Gasteiger partial charge < -0.3 is 10.2 Å². The number of rotatable bonds is 4. The molecule has 1 amide bonds. The summed E-state index contributed by atoms with van der Waals surface area (Å²) in [7, 11) is 2.13. The van der Waals surface area contributed by atoms with Crippen LogP contribution in [0.5, 0.6) is 0 Å². The van der Waals surface area contributed by atoms with Gasteiger partial charge in [0, 0.05) is 56.4 Å². The Balaban J connectivity index is 1.51. The molecule has 0 spiro atoms. The third-order valence-corrected chi connectivity index (χ3v) is 4.74. The van der Waals surface area contributed by atoms with Crippen LogP contribution in [-0.2, 0) is 4.79 Å². The average Bonchev–Trinajstić information content (AvgIpc) is 2.69. The van der Waals surface area contributed by atoms with Crippen LogP contribution in [0.15, 0.2) is 42.7 Å². The fraction of sp³-hybridized carbons (Fsp3) is 0.300. The number of pyridine rings is 1. The molecular formula is C20H23N7O. The van der Waals surface area contributed by atoms with E-state index < -0.39 is 0 Å². The van der Waals surface area contributed by atoms with Crippen molar-refractivity contribution in [2.24, 2.45) is 0 Å². The molecule has 2 aromatic heterocycles. The maximum atomic E-state index is 11.1. The first-order chi connectivity index (χ1) is 13.6. The molecule has 1 saturated heterocycles. The molecule has 8 heteroatoms. The molecule has 0 unspecified atom stereocenters. The number of likely N-dealkylation sites (N-methyl/N-ethyl adjacent to an activating group) is 1. The van der Waals surface area contributed by atoms with Crippen LogP contribution >= 0.6 is 0 Å². The zero-order valence-electron chi connectivity index (χ0n) is 16.0. The number of piperazine rings is 1. The summed E-state index contributed by atoms with van der Waals surface area (Å²) in [4.78, 5) is 26.8. The van der Waals surface area contributed by atoms with Crippen molar-refractivity contribution in [3.05, 3.63) is 42.7 Å². The van der Waals surface area contributed by atoms with Crippen LogP contribution < -0.4 is 10.7 Å². The topological polar surface area (TPSA) is 86.3 Å². The summed E-state index contributed by atoms with van der Waals surface area (Å²) in [6.07, 6.45) is 3.58. The predicted molar refractivity (Wildman–Crippen MR) is 110 cm³/mol. The molecule has 1 aromatic carbocycles. The lowest BCUT2D eigenvalue weighted by Crippen LogP contribution is -2.47. The zero-order chi connectivity index (χ0) is 19.5. The van der Waals surface area contributed by atoms with Crippen molar-refractivity contribution in [2.45, 2.75) is 6.92 Å². The van der Waals surface area contributed by atoms with Crippen molar-refractivity contribution in [2.75, 3.05) is 44.0 Å². The second-order valence-corrected chi connectivity index (χ2v) is 6.98. The minimum Gasteiger partial charge on any atom is -0.311 e. The Hall–Kier alpha value is -3.10. The average molecular weight is 377 g/mol. The summed E-state index contributed by atoms with van der Waals surface area (Å²) >= 11 is 0. The number of hydrazine groups is 1. The Bertz CT molecular complexity index is 982. The van der Waals surface area contributed by atoms with Gasteiger partial charge in [0.1, 0.15) is 5.82 Å². The van der Waals surface area contributed by atoms with Crippen molar-refractivity contribution in [1.29, 1.82) is 0 Å². The Kier molecular flexibility index (Phi) is 5.14. The second kappa shape index (κ2) is 7.87. The molecule has 0 aliphatic carbocycles. The minimum absolute atomic E-state index is 0.135. The molecule has 1 aliphatic heterocycles. The van der Waals surface area contributed by atoms with Crippen molar-refractivity contribution in [1.82, 2.24) is 24.9 Å².